The summed E-state index contributed by atoms with van der Waals surface area (Å²) in [6.45, 7) is 3.40. The van der Waals surface area contributed by atoms with Crippen LogP contribution in [0.25, 0.3) is 0 Å². The predicted molar refractivity (Wildman–Crippen MR) is 90.0 cm³/mol. The molecule has 3 rings (SSSR count). The standard InChI is InChI=1S/C17H20ClN3O3/c1-17(13-9-19-20(2)10-13)12-21(7-8-24-17)16(22)11-23-15-6-4-3-5-14(15)18/h3-6,9-10H,7-8,11-12H2,1-2H3. The van der Waals surface area contributed by atoms with Gasteiger partial charge in [0.05, 0.1) is 24.4 Å². The molecule has 0 N–H and O–H groups in total. The van der Waals surface area contributed by atoms with Crippen molar-refractivity contribution in [3.8, 4) is 5.75 Å². The van der Waals surface area contributed by atoms with E-state index in [0.29, 0.717) is 30.5 Å². The molecule has 0 spiro atoms. The molecule has 2 heterocycles. The molecule has 2 aromatic rings. The number of amides is 1. The van der Waals surface area contributed by atoms with Crippen molar-refractivity contribution in [2.45, 2.75) is 12.5 Å². The highest BCUT2D eigenvalue weighted by atomic mass is 35.5. The molecule has 0 bridgehead atoms. The zero-order valence-electron chi connectivity index (χ0n) is 13.7. The normalized spacial score (nSPS) is 20.9. The number of hydrogen-bond acceptors (Lipinski definition) is 4. The summed E-state index contributed by atoms with van der Waals surface area (Å²) in [5, 5.41) is 4.68. The smallest absolute Gasteiger partial charge is 0.260 e. The molecule has 1 aliphatic heterocycles. The van der Waals surface area contributed by atoms with Gasteiger partial charge in [0.15, 0.2) is 6.61 Å². The lowest BCUT2D eigenvalue weighted by Gasteiger charge is -2.40. The van der Waals surface area contributed by atoms with Crippen LogP contribution in [0.4, 0.5) is 0 Å². The van der Waals surface area contributed by atoms with Gasteiger partial charge in [-0.25, -0.2) is 0 Å². The Bertz CT molecular complexity index is 733. The highest BCUT2D eigenvalue weighted by Crippen LogP contribution is 2.29. The van der Waals surface area contributed by atoms with E-state index < -0.39 is 5.60 Å². The lowest BCUT2D eigenvalue weighted by Crippen LogP contribution is -2.51. The summed E-state index contributed by atoms with van der Waals surface area (Å²) in [6.07, 6.45) is 3.68. The van der Waals surface area contributed by atoms with E-state index in [1.165, 1.54) is 0 Å². The largest absolute Gasteiger partial charge is 0.482 e. The van der Waals surface area contributed by atoms with Crippen LogP contribution < -0.4 is 4.74 Å². The number of aromatic nitrogens is 2. The van der Waals surface area contributed by atoms with Crippen LogP contribution in [0, 0.1) is 0 Å². The molecule has 1 aliphatic rings. The third kappa shape index (κ3) is 3.55. The van der Waals surface area contributed by atoms with Gasteiger partial charge < -0.3 is 14.4 Å². The molecule has 6 nitrogen and oxygen atoms in total. The van der Waals surface area contributed by atoms with Crippen molar-refractivity contribution in [1.82, 2.24) is 14.7 Å². The molecular weight excluding hydrogens is 330 g/mol. The molecule has 1 saturated heterocycles. The Hall–Kier alpha value is -2.05. The van der Waals surface area contributed by atoms with Crippen molar-refractivity contribution >= 4 is 17.5 Å². The van der Waals surface area contributed by atoms with Crippen LogP contribution >= 0.6 is 11.6 Å². The van der Waals surface area contributed by atoms with E-state index in [4.69, 9.17) is 21.1 Å². The van der Waals surface area contributed by atoms with E-state index in [2.05, 4.69) is 5.10 Å². The van der Waals surface area contributed by atoms with E-state index in [9.17, 15) is 4.79 Å². The molecule has 128 valence electrons. The SMILES string of the molecule is Cn1cc(C2(C)CN(C(=O)COc3ccccc3Cl)CCO2)cn1. The van der Waals surface area contributed by atoms with Crippen LogP contribution in [-0.2, 0) is 22.2 Å². The monoisotopic (exact) mass is 349 g/mol. The maximum atomic E-state index is 12.5. The van der Waals surface area contributed by atoms with Gasteiger partial charge in [-0.05, 0) is 19.1 Å². The lowest BCUT2D eigenvalue weighted by atomic mass is 9.97. The number of carbonyl (C=O) groups excluding carboxylic acids is 1. The molecule has 1 atom stereocenters. The molecule has 24 heavy (non-hydrogen) atoms. The fraction of sp³-hybridized carbons (Fsp3) is 0.412. The molecule has 1 amide bonds. The quantitative estimate of drug-likeness (QED) is 0.849. The van der Waals surface area contributed by atoms with Gasteiger partial charge in [0.1, 0.15) is 11.4 Å². The molecule has 0 aliphatic carbocycles. The highest BCUT2D eigenvalue weighted by Gasteiger charge is 2.36. The van der Waals surface area contributed by atoms with E-state index in [1.807, 2.05) is 32.3 Å². The first kappa shape index (κ1) is 16.8. The number of rotatable bonds is 4. The first-order chi connectivity index (χ1) is 11.5. The number of benzene rings is 1. The minimum Gasteiger partial charge on any atom is -0.482 e. The van der Waals surface area contributed by atoms with Gasteiger partial charge in [0.2, 0.25) is 0 Å². The molecule has 7 heteroatoms. The Balaban J connectivity index is 1.64. The van der Waals surface area contributed by atoms with Crippen LogP contribution in [-0.4, -0.2) is 46.9 Å². The number of morpholine rings is 1. The van der Waals surface area contributed by atoms with Crippen molar-refractivity contribution in [2.24, 2.45) is 7.05 Å². The number of para-hydroxylation sites is 1. The van der Waals surface area contributed by atoms with Crippen molar-refractivity contribution < 1.29 is 14.3 Å². The van der Waals surface area contributed by atoms with Crippen molar-refractivity contribution in [3.05, 3.63) is 47.2 Å². The first-order valence-corrected chi connectivity index (χ1v) is 8.14. The fourth-order valence-corrected chi connectivity index (χ4v) is 2.93. The second-order valence-electron chi connectivity index (χ2n) is 6.02. The van der Waals surface area contributed by atoms with Gasteiger partial charge in [-0.15, -0.1) is 0 Å². The van der Waals surface area contributed by atoms with Crippen LogP contribution in [0.1, 0.15) is 12.5 Å². The van der Waals surface area contributed by atoms with Crippen LogP contribution in [0.15, 0.2) is 36.7 Å². The Morgan fingerprint density at radius 3 is 2.96 bits per heavy atom. The summed E-state index contributed by atoms with van der Waals surface area (Å²) < 4.78 is 13.2. The summed E-state index contributed by atoms with van der Waals surface area (Å²) in [7, 11) is 1.86. The maximum absolute atomic E-state index is 12.5. The van der Waals surface area contributed by atoms with Crippen molar-refractivity contribution in [1.29, 1.82) is 0 Å². The summed E-state index contributed by atoms with van der Waals surface area (Å²) in [5.41, 5.74) is 0.390. The van der Waals surface area contributed by atoms with Crippen LogP contribution in [0.3, 0.4) is 0 Å². The summed E-state index contributed by atoms with van der Waals surface area (Å²) in [6, 6.07) is 7.11. The summed E-state index contributed by atoms with van der Waals surface area (Å²) in [5.74, 6) is 0.420. The Morgan fingerprint density at radius 2 is 2.25 bits per heavy atom. The third-order valence-corrected chi connectivity index (χ3v) is 4.44. The summed E-state index contributed by atoms with van der Waals surface area (Å²) >= 11 is 6.04. The van der Waals surface area contributed by atoms with Gasteiger partial charge in [0, 0.05) is 25.4 Å². The number of ether oxygens (including phenoxy) is 2. The minimum atomic E-state index is -0.563. The Labute approximate surface area is 145 Å². The first-order valence-electron chi connectivity index (χ1n) is 7.76. The van der Waals surface area contributed by atoms with Crippen LogP contribution in [0.2, 0.25) is 5.02 Å². The van der Waals surface area contributed by atoms with Gasteiger partial charge >= 0.3 is 0 Å². The third-order valence-electron chi connectivity index (χ3n) is 4.13. The number of nitrogens with zero attached hydrogens (tertiary/aromatic N) is 3. The molecule has 1 fully saturated rings. The zero-order valence-corrected chi connectivity index (χ0v) is 14.5. The molecule has 1 aromatic carbocycles. The van der Waals surface area contributed by atoms with Crippen LogP contribution in [0.5, 0.6) is 5.75 Å². The number of halogens is 1. The molecule has 1 aromatic heterocycles. The topological polar surface area (TPSA) is 56.6 Å². The second kappa shape index (κ2) is 6.83. The van der Waals surface area contributed by atoms with E-state index in [-0.39, 0.29) is 12.5 Å². The number of aryl methyl sites for hydroxylation is 1. The van der Waals surface area contributed by atoms with E-state index >= 15 is 0 Å². The average molecular weight is 350 g/mol. The van der Waals surface area contributed by atoms with Gasteiger partial charge in [-0.1, -0.05) is 23.7 Å². The predicted octanol–water partition coefficient (Wildman–Crippen LogP) is 2.23. The zero-order chi connectivity index (χ0) is 17.2. The second-order valence-corrected chi connectivity index (χ2v) is 6.42. The average Bonchev–Trinajstić information content (AvgIpc) is 3.01. The number of hydrogen-bond donors (Lipinski definition) is 0. The van der Waals surface area contributed by atoms with Crippen molar-refractivity contribution in [2.75, 3.05) is 26.3 Å². The summed E-state index contributed by atoms with van der Waals surface area (Å²) in [4.78, 5) is 14.2. The number of carbonyl (C=O) groups is 1. The Morgan fingerprint density at radius 1 is 1.46 bits per heavy atom. The molecule has 0 radical (unpaired) electrons. The van der Waals surface area contributed by atoms with E-state index in [1.54, 1.807) is 27.9 Å². The highest BCUT2D eigenvalue weighted by molar-refractivity contribution is 6.32. The van der Waals surface area contributed by atoms with Gasteiger partial charge in [-0.3, -0.25) is 9.48 Å². The maximum Gasteiger partial charge on any atom is 0.260 e. The lowest BCUT2D eigenvalue weighted by molar-refractivity contribution is -0.151. The molecule has 0 saturated carbocycles. The van der Waals surface area contributed by atoms with Crippen molar-refractivity contribution in [3.63, 3.8) is 0 Å². The van der Waals surface area contributed by atoms with E-state index in [0.717, 1.165) is 5.56 Å². The Kier molecular flexibility index (Phi) is 4.78. The molecule has 1 unspecified atom stereocenters. The molecular formula is C17H20ClN3O3. The minimum absolute atomic E-state index is 0.0488. The van der Waals surface area contributed by atoms with Gasteiger partial charge in [-0.2, -0.15) is 5.10 Å². The fourth-order valence-electron chi connectivity index (χ4n) is 2.74. The van der Waals surface area contributed by atoms with Gasteiger partial charge in [0.25, 0.3) is 5.91 Å².